The van der Waals surface area contributed by atoms with Crippen molar-refractivity contribution in [2.75, 3.05) is 4.90 Å². The van der Waals surface area contributed by atoms with Gasteiger partial charge >= 0.3 is 0 Å². The van der Waals surface area contributed by atoms with Gasteiger partial charge in [-0.2, -0.15) is 0 Å². The molecule has 0 aliphatic heterocycles. The first-order valence-electron chi connectivity index (χ1n) is 20.8. The summed E-state index contributed by atoms with van der Waals surface area (Å²) in [6, 6.07) is 84.2. The molecule has 0 fully saturated rings. The van der Waals surface area contributed by atoms with Gasteiger partial charge in [0, 0.05) is 48.0 Å². The van der Waals surface area contributed by atoms with Crippen LogP contribution in [0.4, 0.5) is 17.1 Å². The lowest BCUT2D eigenvalue weighted by molar-refractivity contribution is 1.18. The SMILES string of the molecule is c1ccc(-c2cccc(N(c3cccc(-c4cccc5ccccc45)c3)c3ccc(-c4ccc(-n5c6ccccc6c6ccccc65)cc4)c4sc5ccccc5c34)c2)cc1. The first-order valence-corrected chi connectivity index (χ1v) is 21.7. The molecular formula is C58H38N2S. The Morgan fingerprint density at radius 1 is 0.361 bits per heavy atom. The third-order valence-corrected chi connectivity index (χ3v) is 13.4. The maximum absolute atomic E-state index is 2.47. The van der Waals surface area contributed by atoms with Crippen molar-refractivity contribution in [2.45, 2.75) is 0 Å². The minimum atomic E-state index is 1.11. The molecule has 0 bridgehead atoms. The molecule has 286 valence electrons. The van der Waals surface area contributed by atoms with Gasteiger partial charge in [-0.3, -0.25) is 0 Å². The van der Waals surface area contributed by atoms with Crippen molar-refractivity contribution in [3.8, 4) is 39.1 Å². The highest BCUT2D eigenvalue weighted by molar-refractivity contribution is 7.26. The number of nitrogens with zero attached hydrogens (tertiary/aromatic N) is 2. The summed E-state index contributed by atoms with van der Waals surface area (Å²) < 4.78 is 4.94. The third kappa shape index (κ3) is 5.93. The summed E-state index contributed by atoms with van der Waals surface area (Å²) in [7, 11) is 0. The van der Waals surface area contributed by atoms with Crippen LogP contribution in [0.1, 0.15) is 0 Å². The summed E-state index contributed by atoms with van der Waals surface area (Å²) in [6.07, 6.45) is 0. The predicted octanol–water partition coefficient (Wildman–Crippen LogP) is 16.8. The van der Waals surface area contributed by atoms with Crippen LogP contribution in [0.25, 0.3) is 91.8 Å². The lowest BCUT2D eigenvalue weighted by Crippen LogP contribution is -2.10. The molecule has 0 saturated carbocycles. The summed E-state index contributed by atoms with van der Waals surface area (Å²) in [5.41, 5.74) is 14.2. The highest BCUT2D eigenvalue weighted by atomic mass is 32.1. The lowest BCUT2D eigenvalue weighted by atomic mass is 9.97. The Labute approximate surface area is 358 Å². The monoisotopic (exact) mass is 794 g/mol. The lowest BCUT2D eigenvalue weighted by Gasteiger charge is -2.28. The highest BCUT2D eigenvalue weighted by Crippen LogP contribution is 2.49. The zero-order chi connectivity index (χ0) is 40.3. The molecule has 0 N–H and O–H groups in total. The van der Waals surface area contributed by atoms with Gasteiger partial charge in [0.1, 0.15) is 0 Å². The van der Waals surface area contributed by atoms with E-state index < -0.39 is 0 Å². The minimum absolute atomic E-state index is 1.11. The second-order valence-corrected chi connectivity index (χ2v) is 16.7. The third-order valence-electron chi connectivity index (χ3n) is 12.2. The van der Waals surface area contributed by atoms with E-state index in [2.05, 4.69) is 240 Å². The van der Waals surface area contributed by atoms with Crippen molar-refractivity contribution in [2.24, 2.45) is 0 Å². The first kappa shape index (κ1) is 35.2. The Balaban J connectivity index is 1.06. The normalized spacial score (nSPS) is 11.6. The van der Waals surface area contributed by atoms with Crippen LogP contribution in [0.2, 0.25) is 0 Å². The van der Waals surface area contributed by atoms with E-state index >= 15 is 0 Å². The summed E-state index contributed by atoms with van der Waals surface area (Å²) in [4.78, 5) is 2.47. The van der Waals surface area contributed by atoms with E-state index in [0.29, 0.717) is 0 Å². The molecule has 0 spiro atoms. The van der Waals surface area contributed by atoms with Crippen LogP contribution < -0.4 is 4.90 Å². The van der Waals surface area contributed by atoms with Crippen LogP contribution in [0.3, 0.4) is 0 Å². The molecule has 0 aliphatic carbocycles. The van der Waals surface area contributed by atoms with E-state index in [1.807, 2.05) is 11.3 Å². The predicted molar refractivity (Wildman–Crippen MR) is 262 cm³/mol. The number of rotatable bonds is 7. The number of thiophene rings is 1. The van der Waals surface area contributed by atoms with E-state index in [0.717, 1.165) is 22.7 Å². The average molecular weight is 795 g/mol. The van der Waals surface area contributed by atoms with E-state index in [9.17, 15) is 0 Å². The fraction of sp³-hybridized carbons (Fsp3) is 0. The minimum Gasteiger partial charge on any atom is -0.310 e. The maximum atomic E-state index is 2.47. The molecule has 0 saturated heterocycles. The molecule has 0 amide bonds. The number of para-hydroxylation sites is 2. The van der Waals surface area contributed by atoms with Crippen molar-refractivity contribution in [1.29, 1.82) is 0 Å². The molecule has 0 radical (unpaired) electrons. The molecule has 12 rings (SSSR count). The number of benzene rings is 10. The van der Waals surface area contributed by atoms with Gasteiger partial charge in [-0.25, -0.2) is 0 Å². The number of hydrogen-bond acceptors (Lipinski definition) is 2. The van der Waals surface area contributed by atoms with Crippen LogP contribution in [0.15, 0.2) is 231 Å². The Morgan fingerprint density at radius 3 is 1.69 bits per heavy atom. The van der Waals surface area contributed by atoms with Crippen molar-refractivity contribution < 1.29 is 0 Å². The molecule has 3 heteroatoms. The quantitative estimate of drug-likeness (QED) is 0.156. The van der Waals surface area contributed by atoms with E-state index in [1.54, 1.807) is 0 Å². The zero-order valence-corrected chi connectivity index (χ0v) is 34.1. The van der Waals surface area contributed by atoms with E-state index in [1.165, 1.54) is 86.1 Å². The van der Waals surface area contributed by atoms with Gasteiger partial charge in [-0.1, -0.05) is 170 Å². The van der Waals surface area contributed by atoms with Crippen LogP contribution in [0, 0.1) is 0 Å². The second kappa shape index (κ2) is 14.5. The molecule has 0 aliphatic rings. The fourth-order valence-corrected chi connectivity index (χ4v) is 10.6. The number of hydrogen-bond donors (Lipinski definition) is 0. The molecule has 61 heavy (non-hydrogen) atoms. The van der Waals surface area contributed by atoms with Crippen LogP contribution in [-0.2, 0) is 0 Å². The average Bonchev–Trinajstić information content (AvgIpc) is 3.89. The molecular weight excluding hydrogens is 757 g/mol. The first-order chi connectivity index (χ1) is 30.3. The van der Waals surface area contributed by atoms with Crippen LogP contribution >= 0.6 is 11.3 Å². The Kier molecular flexibility index (Phi) is 8.39. The number of fused-ring (bicyclic) bond motifs is 7. The second-order valence-electron chi connectivity index (χ2n) is 15.7. The van der Waals surface area contributed by atoms with Gasteiger partial charge in [0.25, 0.3) is 0 Å². The van der Waals surface area contributed by atoms with Gasteiger partial charge in [0.2, 0.25) is 0 Å². The van der Waals surface area contributed by atoms with Gasteiger partial charge in [0.15, 0.2) is 0 Å². The summed E-state index contributed by atoms with van der Waals surface area (Å²) in [6.45, 7) is 0. The molecule has 2 nitrogen and oxygen atoms in total. The maximum Gasteiger partial charge on any atom is 0.0555 e. The van der Waals surface area contributed by atoms with E-state index in [4.69, 9.17) is 0 Å². The van der Waals surface area contributed by atoms with E-state index in [-0.39, 0.29) is 0 Å². The highest BCUT2D eigenvalue weighted by Gasteiger charge is 2.22. The van der Waals surface area contributed by atoms with Crippen molar-refractivity contribution >= 4 is 81.1 Å². The molecule has 12 aromatic rings. The summed E-state index contributed by atoms with van der Waals surface area (Å²) >= 11 is 1.88. The molecule has 0 unspecified atom stereocenters. The summed E-state index contributed by atoms with van der Waals surface area (Å²) in [5.74, 6) is 0. The molecule has 10 aromatic carbocycles. The van der Waals surface area contributed by atoms with Crippen LogP contribution in [-0.4, -0.2) is 4.57 Å². The van der Waals surface area contributed by atoms with Crippen molar-refractivity contribution in [3.63, 3.8) is 0 Å². The molecule has 0 atom stereocenters. The topological polar surface area (TPSA) is 8.17 Å². The molecule has 2 aromatic heterocycles. The van der Waals surface area contributed by atoms with Gasteiger partial charge in [-0.15, -0.1) is 11.3 Å². The van der Waals surface area contributed by atoms with Gasteiger partial charge < -0.3 is 9.47 Å². The van der Waals surface area contributed by atoms with Gasteiger partial charge in [0.05, 0.1) is 16.7 Å². The fourth-order valence-electron chi connectivity index (χ4n) is 9.39. The summed E-state index contributed by atoms with van der Waals surface area (Å²) in [5, 5.41) is 7.54. The van der Waals surface area contributed by atoms with Crippen molar-refractivity contribution in [3.05, 3.63) is 231 Å². The van der Waals surface area contributed by atoms with Crippen LogP contribution in [0.5, 0.6) is 0 Å². The largest absolute Gasteiger partial charge is 0.310 e. The molecule has 2 heterocycles. The van der Waals surface area contributed by atoms with Gasteiger partial charge in [-0.05, 0) is 105 Å². The Morgan fingerprint density at radius 2 is 0.934 bits per heavy atom. The number of anilines is 3. The zero-order valence-electron chi connectivity index (χ0n) is 33.2. The number of aromatic nitrogens is 1. The smallest absolute Gasteiger partial charge is 0.0555 e. The Hall–Kier alpha value is -7.72. The standard InChI is InChI=1S/C58H38N2S/c1-2-15-39(16-3-1)42-19-12-21-45(37-42)59(46-22-13-20-43(38-46)48-27-14-18-40-17-4-5-23-47(40)48)55-36-35-49(58-57(55)52-26-8-11-30-56(52)61-58)41-31-33-44(34-32-41)60-53-28-9-6-24-50(53)51-25-7-10-29-54(51)60/h1-38H. The Bertz CT molecular complexity index is 3540. The van der Waals surface area contributed by atoms with Crippen molar-refractivity contribution in [1.82, 2.24) is 4.57 Å².